The Bertz CT molecular complexity index is 1560. The Morgan fingerprint density at radius 1 is 1.12 bits per heavy atom. The van der Waals surface area contributed by atoms with E-state index in [2.05, 4.69) is 30.5 Å². The molecule has 0 aliphatic carbocycles. The lowest BCUT2D eigenvalue weighted by Gasteiger charge is -2.14. The van der Waals surface area contributed by atoms with Gasteiger partial charge in [0, 0.05) is 53.5 Å². The SMILES string of the molecule is C/C(=N\O)c1ccc2nnc([C@H](C)c3c(F)cc4ncc(-c5cnn(C)c5)cc4c3F)n2n1. The van der Waals surface area contributed by atoms with Crippen molar-refractivity contribution in [2.24, 2.45) is 12.2 Å². The van der Waals surface area contributed by atoms with Gasteiger partial charge in [0.2, 0.25) is 0 Å². The molecule has 0 saturated carbocycles. The van der Waals surface area contributed by atoms with Crippen LogP contribution in [0.3, 0.4) is 0 Å². The van der Waals surface area contributed by atoms with Gasteiger partial charge in [-0.25, -0.2) is 8.78 Å². The molecule has 0 radical (unpaired) electrons. The molecule has 0 aliphatic rings. The number of pyridine rings is 1. The van der Waals surface area contributed by atoms with Gasteiger partial charge >= 0.3 is 0 Å². The summed E-state index contributed by atoms with van der Waals surface area (Å²) in [5.74, 6) is -2.04. The average Bonchev–Trinajstić information content (AvgIpc) is 3.44. The molecule has 1 N–H and O–H groups in total. The molecule has 166 valence electrons. The maximum atomic E-state index is 15.7. The number of fused-ring (bicyclic) bond motifs is 2. The van der Waals surface area contributed by atoms with Crippen LogP contribution in [0.1, 0.15) is 36.8 Å². The van der Waals surface area contributed by atoms with Crippen molar-refractivity contribution < 1.29 is 14.0 Å². The molecule has 5 rings (SSSR count). The predicted molar refractivity (Wildman–Crippen MR) is 116 cm³/mol. The van der Waals surface area contributed by atoms with Crippen LogP contribution in [0.5, 0.6) is 0 Å². The van der Waals surface area contributed by atoms with Gasteiger partial charge in [0.25, 0.3) is 0 Å². The third-order valence-electron chi connectivity index (χ3n) is 5.58. The molecular weight excluding hydrogens is 430 g/mol. The minimum Gasteiger partial charge on any atom is -0.411 e. The highest BCUT2D eigenvalue weighted by molar-refractivity contribution is 5.96. The lowest BCUT2D eigenvalue weighted by atomic mass is 9.96. The second-order valence-electron chi connectivity index (χ2n) is 7.73. The number of aryl methyl sites for hydroxylation is 1. The normalized spacial score (nSPS) is 13.2. The van der Waals surface area contributed by atoms with Gasteiger partial charge in [0.15, 0.2) is 11.5 Å². The number of halogens is 2. The summed E-state index contributed by atoms with van der Waals surface area (Å²) in [4.78, 5) is 4.24. The lowest BCUT2D eigenvalue weighted by molar-refractivity contribution is 0.319. The Balaban J connectivity index is 1.66. The Morgan fingerprint density at radius 3 is 2.67 bits per heavy atom. The van der Waals surface area contributed by atoms with Crippen molar-refractivity contribution in [3.63, 3.8) is 0 Å². The Morgan fingerprint density at radius 2 is 1.94 bits per heavy atom. The fraction of sp³-hybridized carbons (Fsp3) is 0.182. The van der Waals surface area contributed by atoms with Crippen LogP contribution in [0.2, 0.25) is 0 Å². The quantitative estimate of drug-likeness (QED) is 0.255. The zero-order valence-electron chi connectivity index (χ0n) is 17.9. The Labute approximate surface area is 186 Å². The summed E-state index contributed by atoms with van der Waals surface area (Å²) in [5.41, 5.74) is 2.53. The van der Waals surface area contributed by atoms with Crippen molar-refractivity contribution in [3.05, 3.63) is 71.6 Å². The van der Waals surface area contributed by atoms with E-state index in [0.29, 0.717) is 16.9 Å². The van der Waals surface area contributed by atoms with Crippen LogP contribution in [0.4, 0.5) is 8.78 Å². The van der Waals surface area contributed by atoms with Gasteiger partial charge in [0.1, 0.15) is 23.0 Å². The monoisotopic (exact) mass is 448 g/mol. The molecule has 4 heterocycles. The van der Waals surface area contributed by atoms with Crippen LogP contribution >= 0.6 is 0 Å². The van der Waals surface area contributed by atoms with Crippen molar-refractivity contribution in [3.8, 4) is 11.1 Å². The van der Waals surface area contributed by atoms with E-state index >= 15 is 8.78 Å². The number of oxime groups is 1. The standard InChI is InChI=1S/C22H18F2N8O/c1-11(22-28-27-19-5-4-17(12(2)30-33)29-32(19)22)20-16(23)7-18-15(21(20)24)6-13(8-25-18)14-9-26-31(3)10-14/h4-11,33H,1-3H3/b30-12+/t11-/m1/s1. The zero-order valence-corrected chi connectivity index (χ0v) is 17.9. The van der Waals surface area contributed by atoms with E-state index in [1.165, 1.54) is 10.6 Å². The zero-order chi connectivity index (χ0) is 23.3. The van der Waals surface area contributed by atoms with Crippen molar-refractivity contribution in [1.29, 1.82) is 0 Å². The molecule has 9 nitrogen and oxygen atoms in total. The molecular formula is C22H18F2N8O. The molecule has 0 saturated heterocycles. The van der Waals surface area contributed by atoms with E-state index < -0.39 is 17.6 Å². The van der Waals surface area contributed by atoms with Crippen molar-refractivity contribution >= 4 is 22.3 Å². The van der Waals surface area contributed by atoms with Gasteiger partial charge in [-0.15, -0.1) is 10.2 Å². The molecule has 5 aromatic rings. The molecule has 33 heavy (non-hydrogen) atoms. The highest BCUT2D eigenvalue weighted by Gasteiger charge is 2.26. The predicted octanol–water partition coefficient (Wildman–Crippen LogP) is 3.70. The van der Waals surface area contributed by atoms with E-state index in [1.54, 1.807) is 62.4 Å². The summed E-state index contributed by atoms with van der Waals surface area (Å²) >= 11 is 0. The maximum Gasteiger partial charge on any atom is 0.177 e. The van der Waals surface area contributed by atoms with Gasteiger partial charge in [-0.2, -0.15) is 14.7 Å². The Hall–Kier alpha value is -4.28. The summed E-state index contributed by atoms with van der Waals surface area (Å²) < 4.78 is 33.8. The van der Waals surface area contributed by atoms with Gasteiger partial charge in [-0.3, -0.25) is 9.67 Å². The van der Waals surface area contributed by atoms with Crippen molar-refractivity contribution in [2.45, 2.75) is 19.8 Å². The van der Waals surface area contributed by atoms with E-state index in [9.17, 15) is 0 Å². The number of aromatic nitrogens is 7. The second-order valence-corrected chi connectivity index (χ2v) is 7.73. The largest absolute Gasteiger partial charge is 0.411 e. The number of rotatable bonds is 4. The molecule has 0 fully saturated rings. The topological polar surface area (TPSA) is 106 Å². The van der Waals surface area contributed by atoms with Gasteiger partial charge in [-0.05, 0) is 25.1 Å². The molecule has 0 amide bonds. The first-order valence-electron chi connectivity index (χ1n) is 10.1. The maximum absolute atomic E-state index is 15.7. The number of benzene rings is 1. The van der Waals surface area contributed by atoms with E-state index in [0.717, 1.165) is 5.56 Å². The summed E-state index contributed by atoms with van der Waals surface area (Å²) in [6, 6.07) is 6.10. The van der Waals surface area contributed by atoms with Crippen LogP contribution < -0.4 is 0 Å². The van der Waals surface area contributed by atoms with E-state index in [-0.39, 0.29) is 28.0 Å². The van der Waals surface area contributed by atoms with Gasteiger partial charge in [-0.1, -0.05) is 12.1 Å². The van der Waals surface area contributed by atoms with Crippen LogP contribution in [0, 0.1) is 11.6 Å². The van der Waals surface area contributed by atoms with Crippen LogP contribution in [-0.2, 0) is 7.05 Å². The van der Waals surface area contributed by atoms with Gasteiger partial charge < -0.3 is 5.21 Å². The van der Waals surface area contributed by atoms with E-state index in [1.807, 2.05) is 0 Å². The molecule has 0 spiro atoms. The highest BCUT2D eigenvalue weighted by Crippen LogP contribution is 2.33. The number of nitrogens with zero attached hydrogens (tertiary/aromatic N) is 8. The molecule has 1 atom stereocenters. The summed E-state index contributed by atoms with van der Waals surface area (Å²) in [5, 5.41) is 29.0. The molecule has 0 aliphatic heterocycles. The Kier molecular flexibility index (Phi) is 4.81. The molecule has 1 aromatic carbocycles. The van der Waals surface area contributed by atoms with Crippen molar-refractivity contribution in [2.75, 3.05) is 0 Å². The minimum absolute atomic E-state index is 0.165. The first kappa shape index (κ1) is 20.6. The fourth-order valence-electron chi connectivity index (χ4n) is 3.79. The number of hydrogen-bond acceptors (Lipinski definition) is 7. The first-order chi connectivity index (χ1) is 15.9. The average molecular weight is 448 g/mol. The molecule has 4 aromatic heterocycles. The molecule has 0 bridgehead atoms. The third-order valence-corrected chi connectivity index (χ3v) is 5.58. The minimum atomic E-state index is -0.819. The smallest absolute Gasteiger partial charge is 0.177 e. The summed E-state index contributed by atoms with van der Waals surface area (Å²) in [6.45, 7) is 3.21. The van der Waals surface area contributed by atoms with Crippen molar-refractivity contribution in [1.82, 2.24) is 34.6 Å². The molecule has 0 unspecified atom stereocenters. The fourth-order valence-corrected chi connectivity index (χ4v) is 3.79. The first-order valence-corrected chi connectivity index (χ1v) is 10.1. The third kappa shape index (κ3) is 3.37. The van der Waals surface area contributed by atoms with Crippen LogP contribution in [-0.4, -0.2) is 45.5 Å². The second kappa shape index (κ2) is 7.69. The summed E-state index contributed by atoms with van der Waals surface area (Å²) in [7, 11) is 1.78. The van der Waals surface area contributed by atoms with Crippen LogP contribution in [0.15, 0.2) is 48.0 Å². The molecule has 11 heteroatoms. The number of hydrogen-bond donors (Lipinski definition) is 1. The van der Waals surface area contributed by atoms with Gasteiger partial charge in [0.05, 0.1) is 11.7 Å². The summed E-state index contributed by atoms with van der Waals surface area (Å²) in [6.07, 6.45) is 5.00. The lowest BCUT2D eigenvalue weighted by Crippen LogP contribution is -2.11. The highest BCUT2D eigenvalue weighted by atomic mass is 19.1. The van der Waals surface area contributed by atoms with Crippen LogP contribution in [0.25, 0.3) is 27.7 Å². The van der Waals surface area contributed by atoms with E-state index in [4.69, 9.17) is 5.21 Å².